The van der Waals surface area contributed by atoms with Crippen molar-refractivity contribution in [2.45, 2.75) is 55.5 Å². The number of nitrogens with zero attached hydrogens (tertiary/aromatic N) is 2. The maximum atomic E-state index is 13.1. The van der Waals surface area contributed by atoms with Crippen molar-refractivity contribution < 1.29 is 28.6 Å². The van der Waals surface area contributed by atoms with Crippen LogP contribution >= 0.6 is 34.4 Å². The Bertz CT molecular complexity index is 1360. The largest absolute Gasteiger partial charge is 0.493 e. The van der Waals surface area contributed by atoms with Gasteiger partial charge in [-0.1, -0.05) is 29.5 Å². The molecule has 0 saturated carbocycles. The number of nitrogens with one attached hydrogen (secondary N) is 2. The first kappa shape index (κ1) is 28.8. The van der Waals surface area contributed by atoms with E-state index in [1.165, 1.54) is 48.7 Å². The standard InChI is InChI=1S/C26H30N4O6S3/c1-5-36-24(33)20-16-9-7-6-8-10-19(16)38-23(20)27-21(31)14(2)37-26-30-29-25(39-26)28-22(32)15-11-12-17(34-3)18(13-15)35-4/h11-14H,5-10H2,1-4H3,(H,27,31)(H,28,29,32). The highest BCUT2D eigenvalue weighted by atomic mass is 32.2. The van der Waals surface area contributed by atoms with Crippen LogP contribution in [0, 0.1) is 0 Å². The highest BCUT2D eigenvalue weighted by Crippen LogP contribution is 2.39. The Morgan fingerprint density at radius 1 is 1.03 bits per heavy atom. The molecule has 0 bridgehead atoms. The molecule has 10 nitrogen and oxygen atoms in total. The van der Waals surface area contributed by atoms with Gasteiger partial charge in [-0.15, -0.1) is 21.5 Å². The summed E-state index contributed by atoms with van der Waals surface area (Å²) >= 11 is 3.85. The van der Waals surface area contributed by atoms with Crippen molar-refractivity contribution in [2.75, 3.05) is 31.5 Å². The molecule has 0 saturated heterocycles. The number of anilines is 2. The van der Waals surface area contributed by atoms with E-state index in [0.717, 1.165) is 42.5 Å². The second-order valence-corrected chi connectivity index (χ2v) is 12.3. The third kappa shape index (κ3) is 6.89. The van der Waals surface area contributed by atoms with E-state index < -0.39 is 11.2 Å². The number of hydrogen-bond donors (Lipinski definition) is 2. The molecular formula is C26H30N4O6S3. The number of benzene rings is 1. The molecule has 4 rings (SSSR count). The van der Waals surface area contributed by atoms with E-state index in [9.17, 15) is 14.4 Å². The van der Waals surface area contributed by atoms with Crippen LogP contribution in [0.4, 0.5) is 10.1 Å². The molecule has 0 radical (unpaired) electrons. The van der Waals surface area contributed by atoms with E-state index in [1.807, 2.05) is 0 Å². The fourth-order valence-corrected chi connectivity index (χ4v) is 7.29. The molecule has 0 fully saturated rings. The van der Waals surface area contributed by atoms with E-state index in [1.54, 1.807) is 32.0 Å². The van der Waals surface area contributed by atoms with Gasteiger partial charge < -0.3 is 19.5 Å². The quantitative estimate of drug-likeness (QED) is 0.137. The van der Waals surface area contributed by atoms with Gasteiger partial charge in [0.25, 0.3) is 5.91 Å². The molecule has 2 aromatic heterocycles. The number of thioether (sulfide) groups is 1. The molecule has 0 aliphatic heterocycles. The van der Waals surface area contributed by atoms with Gasteiger partial charge in [0.05, 0.1) is 31.6 Å². The summed E-state index contributed by atoms with van der Waals surface area (Å²) in [6.07, 6.45) is 4.91. The lowest BCUT2D eigenvalue weighted by atomic mass is 10.1. The van der Waals surface area contributed by atoms with Crippen molar-refractivity contribution in [1.29, 1.82) is 0 Å². The minimum atomic E-state index is -0.524. The minimum Gasteiger partial charge on any atom is -0.493 e. The van der Waals surface area contributed by atoms with Gasteiger partial charge in [-0.3, -0.25) is 14.9 Å². The first-order valence-corrected chi connectivity index (χ1v) is 15.0. The summed E-state index contributed by atoms with van der Waals surface area (Å²) in [5.41, 5.74) is 1.86. The Kier molecular flexibility index (Phi) is 9.81. The smallest absolute Gasteiger partial charge is 0.341 e. The minimum absolute atomic E-state index is 0.256. The number of carbonyl (C=O) groups is 3. The molecule has 1 aromatic carbocycles. The summed E-state index contributed by atoms with van der Waals surface area (Å²) in [7, 11) is 3.02. The topological polar surface area (TPSA) is 129 Å². The summed E-state index contributed by atoms with van der Waals surface area (Å²) in [6, 6.07) is 4.84. The van der Waals surface area contributed by atoms with Crippen LogP contribution in [-0.2, 0) is 22.4 Å². The Morgan fingerprint density at radius 2 is 1.79 bits per heavy atom. The van der Waals surface area contributed by atoms with Crippen molar-refractivity contribution in [3.63, 3.8) is 0 Å². The molecule has 1 atom stereocenters. The molecule has 2 N–H and O–H groups in total. The summed E-state index contributed by atoms with van der Waals surface area (Å²) in [6.45, 7) is 3.80. The van der Waals surface area contributed by atoms with Crippen LogP contribution in [-0.4, -0.2) is 54.1 Å². The second-order valence-electron chi connectivity index (χ2n) is 8.64. The number of aryl methyl sites for hydroxylation is 1. The van der Waals surface area contributed by atoms with Gasteiger partial charge in [0.1, 0.15) is 5.00 Å². The number of ether oxygens (including phenoxy) is 3. The number of fused-ring (bicyclic) bond motifs is 1. The molecule has 1 aliphatic rings. The second kappa shape index (κ2) is 13.3. The fourth-order valence-electron chi connectivity index (χ4n) is 4.12. The summed E-state index contributed by atoms with van der Waals surface area (Å²) < 4.78 is 16.3. The lowest BCUT2D eigenvalue weighted by Gasteiger charge is -2.11. The number of hydrogen-bond acceptors (Lipinski definition) is 11. The van der Waals surface area contributed by atoms with Gasteiger partial charge in [-0.2, -0.15) is 0 Å². The Hall–Kier alpha value is -3.16. The molecule has 0 spiro atoms. The third-order valence-corrected chi connectivity index (χ3v) is 9.29. The van der Waals surface area contributed by atoms with Gasteiger partial charge in [0, 0.05) is 10.4 Å². The normalized spacial score (nSPS) is 13.5. The van der Waals surface area contributed by atoms with Crippen LogP contribution in [0.25, 0.3) is 0 Å². The lowest BCUT2D eigenvalue weighted by molar-refractivity contribution is -0.115. The predicted octanol–water partition coefficient (Wildman–Crippen LogP) is 5.43. The molecule has 1 unspecified atom stereocenters. The van der Waals surface area contributed by atoms with Crippen LogP contribution in [0.2, 0.25) is 0 Å². The van der Waals surface area contributed by atoms with E-state index in [4.69, 9.17) is 14.2 Å². The van der Waals surface area contributed by atoms with E-state index >= 15 is 0 Å². The zero-order valence-electron chi connectivity index (χ0n) is 22.1. The Labute approximate surface area is 238 Å². The van der Waals surface area contributed by atoms with Gasteiger partial charge in [0.2, 0.25) is 11.0 Å². The molecule has 39 heavy (non-hydrogen) atoms. The lowest BCUT2D eigenvalue weighted by Crippen LogP contribution is -2.23. The van der Waals surface area contributed by atoms with Crippen LogP contribution < -0.4 is 20.1 Å². The highest BCUT2D eigenvalue weighted by molar-refractivity contribution is 8.02. The molecule has 13 heteroatoms. The SMILES string of the molecule is CCOC(=O)c1c(NC(=O)C(C)Sc2nnc(NC(=O)c3ccc(OC)c(OC)c3)s2)sc2c1CCCCC2. The Balaban J connectivity index is 1.41. The average Bonchev–Trinajstić information content (AvgIpc) is 3.43. The van der Waals surface area contributed by atoms with E-state index in [0.29, 0.717) is 37.1 Å². The van der Waals surface area contributed by atoms with Gasteiger partial charge in [-0.05, 0) is 63.3 Å². The maximum absolute atomic E-state index is 13.1. The third-order valence-electron chi connectivity index (χ3n) is 6.06. The van der Waals surface area contributed by atoms with Gasteiger partial charge >= 0.3 is 5.97 Å². The monoisotopic (exact) mass is 590 g/mol. The highest BCUT2D eigenvalue weighted by Gasteiger charge is 2.28. The van der Waals surface area contributed by atoms with Crippen molar-refractivity contribution in [3.05, 3.63) is 39.8 Å². The zero-order valence-corrected chi connectivity index (χ0v) is 24.6. The average molecular weight is 591 g/mol. The summed E-state index contributed by atoms with van der Waals surface area (Å²) in [5, 5.41) is 14.1. The zero-order chi connectivity index (χ0) is 27.9. The molecule has 3 aromatic rings. The van der Waals surface area contributed by atoms with E-state index in [2.05, 4.69) is 20.8 Å². The molecule has 208 valence electrons. The van der Waals surface area contributed by atoms with Crippen molar-refractivity contribution in [3.8, 4) is 11.5 Å². The number of aromatic nitrogens is 2. The molecule has 1 aliphatic carbocycles. The van der Waals surface area contributed by atoms with Gasteiger partial charge in [-0.25, -0.2) is 4.79 Å². The van der Waals surface area contributed by atoms with Crippen molar-refractivity contribution >= 4 is 62.4 Å². The first-order chi connectivity index (χ1) is 18.8. The van der Waals surface area contributed by atoms with Crippen molar-refractivity contribution in [2.24, 2.45) is 0 Å². The molecule has 2 heterocycles. The van der Waals surface area contributed by atoms with Gasteiger partial charge in [0.15, 0.2) is 15.8 Å². The van der Waals surface area contributed by atoms with Crippen LogP contribution in [0.1, 0.15) is 64.3 Å². The number of thiophene rings is 1. The van der Waals surface area contributed by atoms with E-state index in [-0.39, 0.29) is 18.4 Å². The van der Waals surface area contributed by atoms with Crippen LogP contribution in [0.5, 0.6) is 11.5 Å². The first-order valence-electron chi connectivity index (χ1n) is 12.5. The summed E-state index contributed by atoms with van der Waals surface area (Å²) in [4.78, 5) is 39.7. The number of carbonyl (C=O) groups excluding carboxylic acids is 3. The summed E-state index contributed by atoms with van der Waals surface area (Å²) in [5.74, 6) is -0.0757. The van der Waals surface area contributed by atoms with Crippen molar-refractivity contribution in [1.82, 2.24) is 10.2 Å². The number of rotatable bonds is 10. The predicted molar refractivity (Wildman–Crippen MR) is 153 cm³/mol. The molecular weight excluding hydrogens is 561 g/mol. The maximum Gasteiger partial charge on any atom is 0.341 e. The van der Waals surface area contributed by atoms with Crippen LogP contribution in [0.15, 0.2) is 22.5 Å². The van der Waals surface area contributed by atoms with Crippen LogP contribution in [0.3, 0.4) is 0 Å². The Morgan fingerprint density at radius 3 is 2.54 bits per heavy atom. The number of amides is 2. The fraction of sp³-hybridized carbons (Fsp3) is 0.423. The number of methoxy groups -OCH3 is 2. The molecule has 2 amide bonds. The number of esters is 1.